The van der Waals surface area contributed by atoms with E-state index in [9.17, 15) is 28.0 Å². The maximum Gasteiger partial charge on any atom is 0.410 e. The van der Waals surface area contributed by atoms with Gasteiger partial charge < -0.3 is 29.2 Å². The van der Waals surface area contributed by atoms with Crippen LogP contribution in [0.2, 0.25) is 0 Å². The molecule has 11 nitrogen and oxygen atoms in total. The van der Waals surface area contributed by atoms with Gasteiger partial charge in [-0.25, -0.2) is 13.6 Å². The van der Waals surface area contributed by atoms with Crippen LogP contribution in [0.15, 0.2) is 24.3 Å². The summed E-state index contributed by atoms with van der Waals surface area (Å²) in [5.74, 6) is -3.75. The van der Waals surface area contributed by atoms with Gasteiger partial charge in [-0.1, -0.05) is 0 Å². The Morgan fingerprint density at radius 2 is 1.62 bits per heavy atom. The Bertz CT molecular complexity index is 1420. The molecule has 0 spiro atoms. The Morgan fingerprint density at radius 3 is 2.20 bits per heavy atom. The summed E-state index contributed by atoms with van der Waals surface area (Å²) in [5.41, 5.74) is 0.599. The predicted octanol–water partition coefficient (Wildman–Crippen LogP) is 4.04. The van der Waals surface area contributed by atoms with Gasteiger partial charge in [-0.05, 0) is 64.7 Å². The fourth-order valence-electron chi connectivity index (χ4n) is 5.85. The van der Waals surface area contributed by atoms with Crippen LogP contribution in [-0.2, 0) is 21.4 Å². The van der Waals surface area contributed by atoms with Crippen LogP contribution < -0.4 is 10.1 Å². The van der Waals surface area contributed by atoms with Gasteiger partial charge in [-0.3, -0.25) is 19.3 Å². The third kappa shape index (κ3) is 7.85. The van der Waals surface area contributed by atoms with Crippen molar-refractivity contribution >= 4 is 34.7 Å². The molecule has 1 aromatic heterocycles. The number of alkyl halides is 2. The third-order valence-electron chi connectivity index (χ3n) is 8.79. The first-order chi connectivity index (χ1) is 21.0. The minimum absolute atomic E-state index is 0.0737. The summed E-state index contributed by atoms with van der Waals surface area (Å²) in [5, 5.41) is 3.68. The number of carbonyl (C=O) groups excluding carboxylic acids is 4. The Kier molecular flexibility index (Phi) is 9.98. The molecule has 1 aromatic carbocycles. The number of piperazine rings is 1. The molecule has 1 aliphatic carbocycles. The minimum atomic E-state index is -2.81. The first kappa shape index (κ1) is 34.0. The summed E-state index contributed by atoms with van der Waals surface area (Å²) in [6.07, 6.45) is -1.29. The maximum absolute atomic E-state index is 14.0. The number of nitrogens with zero attached hydrogens (tertiary/aromatic N) is 4. The number of rotatable bonds is 7. The van der Waals surface area contributed by atoms with E-state index in [0.717, 1.165) is 15.8 Å². The van der Waals surface area contributed by atoms with E-state index < -0.39 is 41.5 Å². The topological polar surface area (TPSA) is 113 Å². The lowest BCUT2D eigenvalue weighted by Gasteiger charge is -2.40. The molecule has 0 unspecified atom stereocenters. The highest BCUT2D eigenvalue weighted by atomic mass is 19.3. The monoisotopic (exact) mass is 633 g/mol. The van der Waals surface area contributed by atoms with Gasteiger partial charge in [0.1, 0.15) is 29.1 Å². The van der Waals surface area contributed by atoms with E-state index in [1.165, 1.54) is 14.0 Å². The molecule has 4 amide bonds. The van der Waals surface area contributed by atoms with Gasteiger partial charge in [0, 0.05) is 64.6 Å². The van der Waals surface area contributed by atoms with Crippen LogP contribution in [0.5, 0.6) is 5.75 Å². The second kappa shape index (κ2) is 13.2. The number of halogens is 2. The van der Waals surface area contributed by atoms with Gasteiger partial charge in [0.2, 0.25) is 17.7 Å². The molecule has 1 N–H and O–H groups in total. The molecule has 1 saturated heterocycles. The Balaban J connectivity index is 1.45. The number of hydrogen-bond acceptors (Lipinski definition) is 6. The van der Waals surface area contributed by atoms with Crippen molar-refractivity contribution in [3.05, 3.63) is 30.0 Å². The van der Waals surface area contributed by atoms with Crippen molar-refractivity contribution in [1.82, 2.24) is 24.6 Å². The molecule has 0 radical (unpaired) electrons. The van der Waals surface area contributed by atoms with Crippen LogP contribution in [0.1, 0.15) is 63.9 Å². The molecule has 1 saturated carbocycles. The third-order valence-corrected chi connectivity index (χ3v) is 8.79. The second-order valence-corrected chi connectivity index (χ2v) is 13.1. The van der Waals surface area contributed by atoms with Crippen molar-refractivity contribution < 1.29 is 37.4 Å². The summed E-state index contributed by atoms with van der Waals surface area (Å²) < 4.78 is 40.5. The summed E-state index contributed by atoms with van der Waals surface area (Å²) in [7, 11) is 4.83. The normalized spacial score (nSPS) is 18.7. The number of methoxy groups -OCH3 is 1. The molecule has 4 rings (SSSR count). The summed E-state index contributed by atoms with van der Waals surface area (Å²) in [6, 6.07) is 5.40. The van der Waals surface area contributed by atoms with Gasteiger partial charge in [0.05, 0.1) is 12.6 Å². The van der Waals surface area contributed by atoms with Crippen molar-refractivity contribution in [2.75, 3.05) is 40.3 Å². The number of nitrogens with one attached hydrogen (secondary N) is 1. The summed E-state index contributed by atoms with van der Waals surface area (Å²) in [6.45, 7) is 7.66. The molecule has 45 heavy (non-hydrogen) atoms. The second-order valence-electron chi connectivity index (χ2n) is 13.1. The van der Waals surface area contributed by atoms with Crippen molar-refractivity contribution in [2.45, 2.75) is 77.0 Å². The molecule has 13 heteroatoms. The summed E-state index contributed by atoms with van der Waals surface area (Å²) in [4.78, 5) is 57.7. The molecule has 2 heterocycles. The average Bonchev–Trinajstić information content (AvgIpc) is 3.32. The maximum atomic E-state index is 14.0. The van der Waals surface area contributed by atoms with E-state index in [-0.39, 0.29) is 63.7 Å². The van der Waals surface area contributed by atoms with E-state index in [0.29, 0.717) is 11.4 Å². The van der Waals surface area contributed by atoms with Crippen LogP contribution in [0, 0.1) is 5.92 Å². The highest BCUT2D eigenvalue weighted by Crippen LogP contribution is 2.38. The zero-order valence-corrected chi connectivity index (χ0v) is 27.2. The fourth-order valence-corrected chi connectivity index (χ4v) is 5.85. The number of carbonyl (C=O) groups is 4. The number of benzene rings is 1. The molecule has 2 atom stereocenters. The van der Waals surface area contributed by atoms with Crippen LogP contribution in [-0.4, -0.2) is 107 Å². The molecule has 248 valence electrons. The van der Waals surface area contributed by atoms with Crippen LogP contribution in [0.4, 0.5) is 13.6 Å². The standard InChI is InChI=1S/C32H45F2N5O6/c1-20(36(5)30(43)45-31(2,3)4)27(40)35-26(21-10-12-32(33,34)13-11-21)29(42)39-16-14-38(15-17-39)28(41)25-18-22-8-9-23(44-7)19-24(22)37(25)6/h8-9,18-21,26H,10-17H2,1-7H3,(H,35,40)/t20-,26-/m0/s1. The number of aromatic nitrogens is 1. The van der Waals surface area contributed by atoms with Crippen LogP contribution >= 0.6 is 0 Å². The Morgan fingerprint density at radius 1 is 1.02 bits per heavy atom. The number of fused-ring (bicyclic) bond motifs is 1. The average molecular weight is 634 g/mol. The first-order valence-electron chi connectivity index (χ1n) is 15.4. The van der Waals surface area contributed by atoms with E-state index in [1.54, 1.807) is 37.7 Å². The predicted molar refractivity (Wildman–Crippen MR) is 164 cm³/mol. The number of hydrogen-bond donors (Lipinski definition) is 1. The van der Waals surface area contributed by atoms with E-state index in [1.807, 2.05) is 35.9 Å². The minimum Gasteiger partial charge on any atom is -0.497 e. The number of amides is 4. The van der Waals surface area contributed by atoms with Crippen LogP contribution in [0.25, 0.3) is 10.9 Å². The lowest BCUT2D eigenvalue weighted by Crippen LogP contribution is -2.60. The molecule has 0 bridgehead atoms. The van der Waals surface area contributed by atoms with Crippen molar-refractivity contribution in [1.29, 1.82) is 0 Å². The van der Waals surface area contributed by atoms with Gasteiger partial charge in [0.25, 0.3) is 5.91 Å². The lowest BCUT2D eigenvalue weighted by molar-refractivity contribution is -0.141. The number of ether oxygens (including phenoxy) is 2. The Labute approximate surface area is 262 Å². The summed E-state index contributed by atoms with van der Waals surface area (Å²) >= 11 is 0. The highest BCUT2D eigenvalue weighted by molar-refractivity contribution is 5.99. The first-order valence-corrected chi connectivity index (χ1v) is 15.4. The quantitative estimate of drug-likeness (QED) is 0.493. The van der Waals surface area contributed by atoms with E-state index >= 15 is 0 Å². The molecular weight excluding hydrogens is 588 g/mol. The molecule has 2 aromatic rings. The van der Waals surface area contributed by atoms with Gasteiger partial charge in [-0.15, -0.1) is 0 Å². The number of likely N-dealkylation sites (N-methyl/N-ethyl adjacent to an activating group) is 1. The largest absolute Gasteiger partial charge is 0.497 e. The Hall–Kier alpha value is -3.90. The van der Waals surface area contributed by atoms with Gasteiger partial charge in [-0.2, -0.15) is 0 Å². The van der Waals surface area contributed by atoms with Gasteiger partial charge in [0.15, 0.2) is 0 Å². The lowest BCUT2D eigenvalue weighted by atomic mass is 9.81. The van der Waals surface area contributed by atoms with Crippen LogP contribution in [0.3, 0.4) is 0 Å². The molecule has 2 fully saturated rings. The number of aryl methyl sites for hydroxylation is 1. The van der Waals surface area contributed by atoms with Crippen molar-refractivity contribution in [3.8, 4) is 5.75 Å². The zero-order valence-electron chi connectivity index (χ0n) is 27.2. The molecule has 2 aliphatic rings. The van der Waals surface area contributed by atoms with Crippen molar-refractivity contribution in [3.63, 3.8) is 0 Å². The van der Waals surface area contributed by atoms with E-state index in [2.05, 4.69) is 5.32 Å². The van der Waals surface area contributed by atoms with Crippen molar-refractivity contribution in [2.24, 2.45) is 13.0 Å². The smallest absolute Gasteiger partial charge is 0.410 e. The SMILES string of the molecule is COc1ccc2cc(C(=O)N3CCN(C(=O)[C@@H](NC(=O)[C@H](C)N(C)C(=O)OC(C)(C)C)C4CCC(F)(F)CC4)CC3)n(C)c2c1. The fraction of sp³-hybridized carbons (Fsp3) is 0.625. The molecule has 1 aliphatic heterocycles. The zero-order chi connectivity index (χ0) is 33.3. The molecular formula is C32H45F2N5O6. The van der Waals surface area contributed by atoms with E-state index in [4.69, 9.17) is 9.47 Å². The highest BCUT2D eigenvalue weighted by Gasteiger charge is 2.43. The van der Waals surface area contributed by atoms with Gasteiger partial charge >= 0.3 is 6.09 Å².